The third kappa shape index (κ3) is 15.2. The molecule has 2 aromatic heterocycles. The lowest BCUT2D eigenvalue weighted by Crippen LogP contribution is -2.26. The van der Waals surface area contributed by atoms with Crippen molar-refractivity contribution >= 4 is 0 Å². The van der Waals surface area contributed by atoms with Gasteiger partial charge in [-0.05, 0) is 186 Å². The number of pyridine rings is 2. The van der Waals surface area contributed by atoms with E-state index in [4.69, 9.17) is 14.7 Å². The van der Waals surface area contributed by atoms with Crippen LogP contribution in [0.2, 0.25) is 0 Å². The highest BCUT2D eigenvalue weighted by atomic mass is 16.5. The topological polar surface area (TPSA) is 35.0 Å². The number of rotatable bonds is 24. The molecule has 0 aromatic carbocycles. The zero-order valence-electron chi connectivity index (χ0n) is 39.3. The maximum atomic E-state index is 6.77. The maximum absolute atomic E-state index is 6.77. The van der Waals surface area contributed by atoms with E-state index in [1.54, 1.807) is 0 Å². The third-order valence-corrected chi connectivity index (χ3v) is 16.7. The lowest BCUT2D eigenvalue weighted by molar-refractivity contribution is 0.143. The largest absolute Gasteiger partial charge is 0.454 e. The number of aromatic nitrogens is 2. The molecule has 332 valence electrons. The van der Waals surface area contributed by atoms with E-state index in [2.05, 4.69) is 39.8 Å². The second kappa shape index (κ2) is 25.9. The first kappa shape index (κ1) is 46.6. The Morgan fingerprint density at radius 3 is 1.08 bits per heavy atom. The summed E-state index contributed by atoms with van der Waals surface area (Å²) < 4.78 is 6.77. The van der Waals surface area contributed by atoms with Crippen LogP contribution >= 0.6 is 0 Å². The van der Waals surface area contributed by atoms with Crippen LogP contribution in [0.25, 0.3) is 0 Å². The number of aryl methyl sites for hydroxylation is 2. The van der Waals surface area contributed by atoms with Gasteiger partial charge in [0.1, 0.15) is 11.5 Å². The van der Waals surface area contributed by atoms with Crippen LogP contribution in [0.1, 0.15) is 243 Å². The smallest absolute Gasteiger partial charge is 0.146 e. The standard InChI is InChI=1S/C56H92N2O/c1-5-9-13-15-19-55-51(37-45-25-33-49(34-26-45)47-29-21-43(22-30-47)17-11-7-3)39-53(41-57-55)59-54-40-52(56(58-42-54)20-16-14-10-6-2)38-46-27-35-50(36-28-46)48-31-23-44(24-32-48)18-12-8-4/h39-50H,5-38H2,1-4H3. The Morgan fingerprint density at radius 2 is 0.746 bits per heavy atom. The van der Waals surface area contributed by atoms with E-state index in [0.717, 1.165) is 71.7 Å². The van der Waals surface area contributed by atoms with E-state index < -0.39 is 0 Å². The van der Waals surface area contributed by atoms with Gasteiger partial charge in [0.15, 0.2) is 0 Å². The summed E-state index contributed by atoms with van der Waals surface area (Å²) in [6, 6.07) is 4.78. The average molecular weight is 809 g/mol. The van der Waals surface area contributed by atoms with Gasteiger partial charge in [-0.25, -0.2) is 0 Å². The van der Waals surface area contributed by atoms with Crippen molar-refractivity contribution in [3.63, 3.8) is 0 Å². The van der Waals surface area contributed by atoms with Gasteiger partial charge in [-0.2, -0.15) is 0 Å². The van der Waals surface area contributed by atoms with Gasteiger partial charge in [-0.15, -0.1) is 0 Å². The number of unbranched alkanes of at least 4 members (excludes halogenated alkanes) is 8. The van der Waals surface area contributed by atoms with Crippen LogP contribution in [-0.4, -0.2) is 9.97 Å². The maximum Gasteiger partial charge on any atom is 0.146 e. The quantitative estimate of drug-likeness (QED) is 0.0991. The molecule has 0 spiro atoms. The van der Waals surface area contributed by atoms with Crippen LogP contribution < -0.4 is 4.74 Å². The van der Waals surface area contributed by atoms with Crippen LogP contribution in [0, 0.1) is 47.3 Å². The molecule has 2 heterocycles. The van der Waals surface area contributed by atoms with Crippen molar-refractivity contribution in [1.29, 1.82) is 0 Å². The number of hydrogen-bond acceptors (Lipinski definition) is 3. The van der Waals surface area contributed by atoms with Gasteiger partial charge in [0.25, 0.3) is 0 Å². The Bertz CT molecular complexity index is 1310. The van der Waals surface area contributed by atoms with Crippen LogP contribution in [0.3, 0.4) is 0 Å². The van der Waals surface area contributed by atoms with Crippen LogP contribution in [0.4, 0.5) is 0 Å². The molecule has 0 amide bonds. The zero-order valence-corrected chi connectivity index (χ0v) is 39.3. The molecule has 6 rings (SSSR count). The van der Waals surface area contributed by atoms with E-state index in [9.17, 15) is 0 Å². The van der Waals surface area contributed by atoms with Crippen molar-refractivity contribution in [2.45, 2.75) is 246 Å². The van der Waals surface area contributed by atoms with Gasteiger partial charge in [0.2, 0.25) is 0 Å². The molecule has 0 atom stereocenters. The Kier molecular flexibility index (Phi) is 20.5. The summed E-state index contributed by atoms with van der Waals surface area (Å²) in [5.41, 5.74) is 5.60. The van der Waals surface area contributed by atoms with Gasteiger partial charge in [0, 0.05) is 11.4 Å². The molecule has 0 saturated heterocycles. The van der Waals surface area contributed by atoms with Crippen LogP contribution in [0.5, 0.6) is 11.5 Å². The normalized spacial score (nSPS) is 27.8. The molecule has 4 saturated carbocycles. The van der Waals surface area contributed by atoms with Crippen molar-refractivity contribution in [3.05, 3.63) is 47.0 Å². The second-order valence-electron chi connectivity index (χ2n) is 21.1. The minimum atomic E-state index is 0.787. The highest BCUT2D eigenvalue weighted by Gasteiger charge is 2.33. The van der Waals surface area contributed by atoms with Gasteiger partial charge in [0.05, 0.1) is 12.4 Å². The fraction of sp³-hybridized carbons (Fsp3) is 0.821. The summed E-state index contributed by atoms with van der Waals surface area (Å²) in [5, 5.41) is 0. The van der Waals surface area contributed by atoms with E-state index in [-0.39, 0.29) is 0 Å². The molecule has 4 aliphatic rings. The van der Waals surface area contributed by atoms with Crippen molar-refractivity contribution < 1.29 is 4.74 Å². The SMILES string of the molecule is CCCCCCc1ncc(Oc2cnc(CCCCCC)c(CC3CCC(C4CCC(CCCC)CC4)CC3)c2)cc1CC1CCC(C2CCC(CCCC)CC2)CC1. The molecular formula is C56H92N2O. The number of nitrogens with zero attached hydrogens (tertiary/aromatic N) is 2. The summed E-state index contributed by atoms with van der Waals surface area (Å²) in [6.07, 6.45) is 50.9. The predicted molar refractivity (Wildman–Crippen MR) is 252 cm³/mol. The van der Waals surface area contributed by atoms with E-state index in [1.165, 1.54) is 228 Å². The number of hydrogen-bond donors (Lipinski definition) is 0. The molecule has 0 radical (unpaired) electrons. The first-order chi connectivity index (χ1) is 29.0. The zero-order chi connectivity index (χ0) is 41.1. The molecule has 3 heteroatoms. The summed E-state index contributed by atoms with van der Waals surface area (Å²) >= 11 is 0. The van der Waals surface area contributed by atoms with Gasteiger partial charge in [-0.1, -0.05) is 130 Å². The first-order valence-electron chi connectivity index (χ1n) is 26.7. The Labute approximate surface area is 365 Å². The molecule has 4 fully saturated rings. The van der Waals surface area contributed by atoms with E-state index >= 15 is 0 Å². The Balaban J connectivity index is 1.07. The highest BCUT2D eigenvalue weighted by molar-refractivity contribution is 5.36. The molecule has 3 nitrogen and oxygen atoms in total. The molecule has 0 unspecified atom stereocenters. The Hall–Kier alpha value is -1.90. The molecule has 0 bridgehead atoms. The van der Waals surface area contributed by atoms with Crippen LogP contribution in [0.15, 0.2) is 24.5 Å². The molecule has 0 N–H and O–H groups in total. The van der Waals surface area contributed by atoms with E-state index in [1.807, 2.05) is 12.4 Å². The molecule has 0 aliphatic heterocycles. The van der Waals surface area contributed by atoms with E-state index in [0.29, 0.717) is 0 Å². The summed E-state index contributed by atoms with van der Waals surface area (Å²) in [6.45, 7) is 9.33. The predicted octanol–water partition coefficient (Wildman–Crippen LogP) is 17.2. The summed E-state index contributed by atoms with van der Waals surface area (Å²) in [4.78, 5) is 10.3. The van der Waals surface area contributed by atoms with Crippen LogP contribution in [-0.2, 0) is 25.7 Å². The molecular weight excluding hydrogens is 717 g/mol. The van der Waals surface area contributed by atoms with Crippen molar-refractivity contribution in [1.82, 2.24) is 9.97 Å². The third-order valence-electron chi connectivity index (χ3n) is 16.7. The molecule has 2 aromatic rings. The average Bonchev–Trinajstić information content (AvgIpc) is 3.27. The second-order valence-corrected chi connectivity index (χ2v) is 21.1. The monoisotopic (exact) mass is 809 g/mol. The highest BCUT2D eigenvalue weighted by Crippen LogP contribution is 2.45. The lowest BCUT2D eigenvalue weighted by atomic mass is 9.68. The van der Waals surface area contributed by atoms with Crippen molar-refractivity contribution in [3.8, 4) is 11.5 Å². The summed E-state index contributed by atoms with van der Waals surface area (Å²) in [7, 11) is 0. The van der Waals surface area contributed by atoms with Gasteiger partial charge >= 0.3 is 0 Å². The molecule has 4 aliphatic carbocycles. The lowest BCUT2D eigenvalue weighted by Gasteiger charge is -2.38. The fourth-order valence-electron chi connectivity index (χ4n) is 12.8. The van der Waals surface area contributed by atoms with Crippen molar-refractivity contribution in [2.75, 3.05) is 0 Å². The summed E-state index contributed by atoms with van der Waals surface area (Å²) in [5.74, 6) is 9.41. The Morgan fingerprint density at radius 1 is 0.407 bits per heavy atom. The molecule has 59 heavy (non-hydrogen) atoms. The minimum Gasteiger partial charge on any atom is -0.454 e. The number of ether oxygens (including phenoxy) is 1. The first-order valence-corrected chi connectivity index (χ1v) is 26.7. The van der Waals surface area contributed by atoms with Crippen molar-refractivity contribution in [2.24, 2.45) is 47.3 Å². The fourth-order valence-corrected chi connectivity index (χ4v) is 12.8. The van der Waals surface area contributed by atoms with Gasteiger partial charge in [-0.3, -0.25) is 9.97 Å². The van der Waals surface area contributed by atoms with Gasteiger partial charge < -0.3 is 4.74 Å². The minimum absolute atomic E-state index is 0.787.